The van der Waals surface area contributed by atoms with Crippen molar-refractivity contribution in [2.24, 2.45) is 0 Å². The first kappa shape index (κ1) is 13.9. The van der Waals surface area contributed by atoms with E-state index >= 15 is 0 Å². The summed E-state index contributed by atoms with van der Waals surface area (Å²) in [7, 11) is 0. The molecular formula is C14H15FN4O. The number of benzene rings is 1. The Balaban J connectivity index is 2.06. The lowest BCUT2D eigenvalue weighted by Crippen LogP contribution is -2.16. The van der Waals surface area contributed by atoms with Crippen molar-refractivity contribution in [3.63, 3.8) is 0 Å². The van der Waals surface area contributed by atoms with E-state index in [2.05, 4.69) is 20.6 Å². The first-order valence-corrected chi connectivity index (χ1v) is 6.20. The molecule has 1 amide bonds. The summed E-state index contributed by atoms with van der Waals surface area (Å²) in [6.45, 7) is 3.96. The summed E-state index contributed by atoms with van der Waals surface area (Å²) in [5, 5.41) is 5.63. The largest absolute Gasteiger partial charge is 0.367 e. The molecule has 0 bridgehead atoms. The summed E-state index contributed by atoms with van der Waals surface area (Å²) in [6, 6.07) is 5.90. The number of hydrogen-bond donors (Lipinski definition) is 2. The van der Waals surface area contributed by atoms with Crippen LogP contribution < -0.4 is 10.6 Å². The van der Waals surface area contributed by atoms with Gasteiger partial charge in [0.25, 0.3) is 5.91 Å². The topological polar surface area (TPSA) is 66.9 Å². The molecule has 0 saturated carbocycles. The molecule has 1 aromatic carbocycles. The van der Waals surface area contributed by atoms with Gasteiger partial charge in [-0.15, -0.1) is 0 Å². The molecule has 0 aliphatic carbocycles. The van der Waals surface area contributed by atoms with Gasteiger partial charge in [-0.1, -0.05) is 6.07 Å². The van der Waals surface area contributed by atoms with E-state index in [-0.39, 0.29) is 11.7 Å². The number of halogens is 1. The third-order valence-corrected chi connectivity index (χ3v) is 2.40. The molecule has 1 heterocycles. The lowest BCUT2D eigenvalue weighted by molar-refractivity contribution is 0.102. The van der Waals surface area contributed by atoms with E-state index in [1.54, 1.807) is 6.07 Å². The maximum atomic E-state index is 13.0. The van der Waals surface area contributed by atoms with E-state index in [0.717, 1.165) is 0 Å². The molecule has 0 atom stereocenters. The van der Waals surface area contributed by atoms with Gasteiger partial charge < -0.3 is 10.6 Å². The first-order chi connectivity index (χ1) is 9.54. The van der Waals surface area contributed by atoms with Gasteiger partial charge in [-0.25, -0.2) is 14.4 Å². The van der Waals surface area contributed by atoms with Gasteiger partial charge in [0.2, 0.25) is 0 Å². The molecular weight excluding hydrogens is 259 g/mol. The highest BCUT2D eigenvalue weighted by Crippen LogP contribution is 2.11. The lowest BCUT2D eigenvalue weighted by atomic mass is 10.3. The van der Waals surface area contributed by atoms with Gasteiger partial charge in [0.1, 0.15) is 17.3 Å². The van der Waals surface area contributed by atoms with Crippen LogP contribution in [-0.4, -0.2) is 21.9 Å². The Kier molecular flexibility index (Phi) is 4.24. The van der Waals surface area contributed by atoms with E-state index < -0.39 is 11.7 Å². The minimum absolute atomic E-state index is 0.170. The van der Waals surface area contributed by atoms with Crippen molar-refractivity contribution in [3.8, 4) is 0 Å². The molecule has 0 saturated heterocycles. The van der Waals surface area contributed by atoms with Gasteiger partial charge in [0.15, 0.2) is 0 Å². The van der Waals surface area contributed by atoms with Crippen molar-refractivity contribution >= 4 is 17.4 Å². The van der Waals surface area contributed by atoms with Crippen LogP contribution in [0.1, 0.15) is 24.3 Å². The number of nitrogens with zero attached hydrogens (tertiary/aromatic N) is 2. The number of nitrogens with one attached hydrogen (secondary N) is 2. The third kappa shape index (κ3) is 3.74. The zero-order chi connectivity index (χ0) is 14.5. The molecule has 2 N–H and O–H groups in total. The zero-order valence-electron chi connectivity index (χ0n) is 11.2. The van der Waals surface area contributed by atoms with Crippen LogP contribution in [-0.2, 0) is 0 Å². The van der Waals surface area contributed by atoms with E-state index in [4.69, 9.17) is 0 Å². The summed E-state index contributed by atoms with van der Waals surface area (Å²) < 4.78 is 13.0. The smallest absolute Gasteiger partial charge is 0.275 e. The predicted molar refractivity (Wildman–Crippen MR) is 75.1 cm³/mol. The molecule has 5 nitrogen and oxygen atoms in total. The lowest BCUT2D eigenvalue weighted by Gasteiger charge is -2.09. The highest BCUT2D eigenvalue weighted by Gasteiger charge is 2.09. The van der Waals surface area contributed by atoms with Crippen molar-refractivity contribution < 1.29 is 9.18 Å². The Morgan fingerprint density at radius 1 is 1.25 bits per heavy atom. The minimum Gasteiger partial charge on any atom is -0.367 e. The van der Waals surface area contributed by atoms with Crippen molar-refractivity contribution in [1.29, 1.82) is 0 Å². The zero-order valence-corrected chi connectivity index (χ0v) is 11.2. The second kappa shape index (κ2) is 6.10. The second-order valence-corrected chi connectivity index (χ2v) is 4.55. The number of amides is 1. The summed E-state index contributed by atoms with van der Waals surface area (Å²) in [5.41, 5.74) is 0.546. The molecule has 2 aromatic rings. The molecule has 0 aliphatic heterocycles. The van der Waals surface area contributed by atoms with Crippen LogP contribution in [0.25, 0.3) is 0 Å². The number of hydrogen-bond acceptors (Lipinski definition) is 4. The number of aromatic nitrogens is 2. The maximum absolute atomic E-state index is 13.0. The molecule has 0 fully saturated rings. The van der Waals surface area contributed by atoms with Crippen LogP contribution in [0.2, 0.25) is 0 Å². The van der Waals surface area contributed by atoms with Gasteiger partial charge >= 0.3 is 0 Å². The standard InChI is InChI=1S/C14H15FN4O/c1-9(2)18-13-8-16-12(7-17-13)14(20)19-11-5-3-4-10(15)6-11/h3-9H,1-2H3,(H,17,18)(H,19,20). The van der Waals surface area contributed by atoms with E-state index in [9.17, 15) is 9.18 Å². The van der Waals surface area contributed by atoms with Crippen LogP contribution in [0, 0.1) is 5.82 Å². The fourth-order valence-corrected chi connectivity index (χ4v) is 1.58. The molecule has 0 unspecified atom stereocenters. The van der Waals surface area contributed by atoms with Crippen LogP contribution >= 0.6 is 0 Å². The molecule has 20 heavy (non-hydrogen) atoms. The van der Waals surface area contributed by atoms with Crippen molar-refractivity contribution in [2.45, 2.75) is 19.9 Å². The average Bonchev–Trinajstić information content (AvgIpc) is 2.38. The SMILES string of the molecule is CC(C)Nc1cnc(C(=O)Nc2cccc(F)c2)cn1. The predicted octanol–water partition coefficient (Wildman–Crippen LogP) is 2.69. The van der Waals surface area contributed by atoms with Gasteiger partial charge in [-0.05, 0) is 32.0 Å². The van der Waals surface area contributed by atoms with Crippen LogP contribution in [0.5, 0.6) is 0 Å². The Bertz CT molecular complexity index is 598. The van der Waals surface area contributed by atoms with Crippen molar-refractivity contribution in [2.75, 3.05) is 10.6 Å². The minimum atomic E-state index is -0.431. The van der Waals surface area contributed by atoms with Gasteiger partial charge in [-0.2, -0.15) is 0 Å². The first-order valence-electron chi connectivity index (χ1n) is 6.20. The molecule has 0 spiro atoms. The highest BCUT2D eigenvalue weighted by molar-refractivity contribution is 6.02. The van der Waals surface area contributed by atoms with Gasteiger partial charge in [0, 0.05) is 11.7 Å². The molecule has 104 valence electrons. The number of rotatable bonds is 4. The number of carbonyl (C=O) groups is 1. The van der Waals surface area contributed by atoms with Crippen molar-refractivity contribution in [1.82, 2.24) is 9.97 Å². The van der Waals surface area contributed by atoms with Crippen molar-refractivity contribution in [3.05, 3.63) is 48.2 Å². The molecule has 0 aliphatic rings. The Hall–Kier alpha value is -2.50. The quantitative estimate of drug-likeness (QED) is 0.899. The van der Waals surface area contributed by atoms with Crippen LogP contribution in [0.4, 0.5) is 15.9 Å². The Labute approximate surface area is 116 Å². The second-order valence-electron chi connectivity index (χ2n) is 4.55. The van der Waals surface area contributed by atoms with E-state index in [0.29, 0.717) is 11.5 Å². The molecule has 2 rings (SSSR count). The summed E-state index contributed by atoms with van der Waals surface area (Å²) in [4.78, 5) is 20.0. The fourth-order valence-electron chi connectivity index (χ4n) is 1.58. The summed E-state index contributed by atoms with van der Waals surface area (Å²) >= 11 is 0. The summed E-state index contributed by atoms with van der Waals surface area (Å²) in [6.07, 6.45) is 2.86. The van der Waals surface area contributed by atoms with Gasteiger partial charge in [0.05, 0.1) is 12.4 Å². The average molecular weight is 274 g/mol. The monoisotopic (exact) mass is 274 g/mol. The van der Waals surface area contributed by atoms with Crippen LogP contribution in [0.15, 0.2) is 36.7 Å². The normalized spacial score (nSPS) is 10.4. The molecule has 1 aromatic heterocycles. The maximum Gasteiger partial charge on any atom is 0.275 e. The fraction of sp³-hybridized carbons (Fsp3) is 0.214. The Morgan fingerprint density at radius 3 is 2.65 bits per heavy atom. The number of carbonyl (C=O) groups excluding carboxylic acids is 1. The van der Waals surface area contributed by atoms with E-state index in [1.807, 2.05) is 13.8 Å². The third-order valence-electron chi connectivity index (χ3n) is 2.40. The van der Waals surface area contributed by atoms with Gasteiger partial charge in [-0.3, -0.25) is 4.79 Å². The Morgan fingerprint density at radius 2 is 2.05 bits per heavy atom. The number of anilines is 2. The van der Waals surface area contributed by atoms with Crippen LogP contribution in [0.3, 0.4) is 0 Å². The van der Waals surface area contributed by atoms with E-state index in [1.165, 1.54) is 30.6 Å². The highest BCUT2D eigenvalue weighted by atomic mass is 19.1. The molecule has 6 heteroatoms. The molecule has 0 radical (unpaired) electrons. The summed E-state index contributed by atoms with van der Waals surface area (Å²) in [5.74, 6) is -0.244.